The van der Waals surface area contributed by atoms with E-state index in [9.17, 15) is 9.90 Å². The minimum absolute atomic E-state index is 0.320. The molecule has 2 N–H and O–H groups in total. The van der Waals surface area contributed by atoms with Crippen LogP contribution in [0.3, 0.4) is 0 Å². The van der Waals surface area contributed by atoms with Gasteiger partial charge in [-0.25, -0.2) is 0 Å². The van der Waals surface area contributed by atoms with Crippen LogP contribution in [0.25, 0.3) is 0 Å². The third-order valence-corrected chi connectivity index (χ3v) is 5.53. The predicted molar refractivity (Wildman–Crippen MR) is 82.4 cm³/mol. The van der Waals surface area contributed by atoms with Crippen LogP contribution in [-0.4, -0.2) is 71.7 Å². The Balaban J connectivity index is 1.62. The molecule has 120 valence electrons. The van der Waals surface area contributed by atoms with Crippen LogP contribution in [0.2, 0.25) is 0 Å². The van der Waals surface area contributed by atoms with Crippen molar-refractivity contribution in [3.05, 3.63) is 0 Å². The number of carboxylic acids is 1. The molecule has 2 atom stereocenters. The van der Waals surface area contributed by atoms with Crippen LogP contribution >= 0.6 is 0 Å². The molecule has 2 saturated heterocycles. The van der Waals surface area contributed by atoms with Gasteiger partial charge in [-0.3, -0.25) is 14.6 Å². The Morgan fingerprint density at radius 1 is 1.24 bits per heavy atom. The molecule has 5 nitrogen and oxygen atoms in total. The summed E-state index contributed by atoms with van der Waals surface area (Å²) in [7, 11) is 0. The van der Waals surface area contributed by atoms with Crippen LogP contribution < -0.4 is 5.32 Å². The Hall–Kier alpha value is -0.650. The molecular formula is C16H29N3O2. The molecule has 0 aromatic carbocycles. The lowest BCUT2D eigenvalue weighted by molar-refractivity contribution is -0.147. The molecule has 0 amide bonds. The number of nitrogens with one attached hydrogen (secondary N) is 1. The molecule has 3 rings (SSSR count). The number of rotatable bonds is 7. The first-order valence-electron chi connectivity index (χ1n) is 8.60. The van der Waals surface area contributed by atoms with Gasteiger partial charge in [0.25, 0.3) is 0 Å². The predicted octanol–water partition coefficient (Wildman–Crippen LogP) is 0.999. The fourth-order valence-electron chi connectivity index (χ4n) is 4.25. The number of carboxylic acid groups (broad SMARTS) is 1. The van der Waals surface area contributed by atoms with Crippen LogP contribution in [0.5, 0.6) is 0 Å². The van der Waals surface area contributed by atoms with Crippen molar-refractivity contribution >= 4 is 5.97 Å². The molecule has 1 aliphatic carbocycles. The summed E-state index contributed by atoms with van der Waals surface area (Å²) in [5, 5.41) is 13.1. The lowest BCUT2D eigenvalue weighted by Gasteiger charge is -2.35. The van der Waals surface area contributed by atoms with Crippen LogP contribution in [0.4, 0.5) is 0 Å². The summed E-state index contributed by atoms with van der Waals surface area (Å²) in [6.45, 7) is 7.98. The number of carbonyl (C=O) groups is 1. The highest BCUT2D eigenvalue weighted by atomic mass is 16.4. The van der Waals surface area contributed by atoms with Crippen molar-refractivity contribution < 1.29 is 9.90 Å². The number of hydrogen-bond acceptors (Lipinski definition) is 4. The van der Waals surface area contributed by atoms with Gasteiger partial charge >= 0.3 is 5.97 Å². The van der Waals surface area contributed by atoms with Gasteiger partial charge in [0, 0.05) is 19.1 Å². The SMILES string of the molecule is CCNC(CN1CCC(N2CCCC2)C1)(C(=O)O)C1CC1. The van der Waals surface area contributed by atoms with Gasteiger partial charge in [-0.2, -0.15) is 0 Å². The number of likely N-dealkylation sites (tertiary alicyclic amines) is 2. The summed E-state index contributed by atoms with van der Waals surface area (Å²) in [6, 6.07) is 0.653. The highest BCUT2D eigenvalue weighted by Crippen LogP contribution is 2.41. The van der Waals surface area contributed by atoms with E-state index in [0.29, 0.717) is 18.5 Å². The van der Waals surface area contributed by atoms with E-state index < -0.39 is 11.5 Å². The summed E-state index contributed by atoms with van der Waals surface area (Å²) in [4.78, 5) is 16.9. The van der Waals surface area contributed by atoms with Crippen LogP contribution in [0.1, 0.15) is 39.0 Å². The molecule has 2 unspecified atom stereocenters. The Bertz CT molecular complexity index is 380. The summed E-state index contributed by atoms with van der Waals surface area (Å²) in [6.07, 6.45) is 5.97. The van der Waals surface area contributed by atoms with E-state index >= 15 is 0 Å². The summed E-state index contributed by atoms with van der Waals surface area (Å²) in [5.41, 5.74) is -0.714. The minimum atomic E-state index is -0.714. The van der Waals surface area contributed by atoms with Crippen molar-refractivity contribution in [2.45, 2.75) is 50.6 Å². The largest absolute Gasteiger partial charge is 0.480 e. The van der Waals surface area contributed by atoms with E-state index in [4.69, 9.17) is 0 Å². The molecular weight excluding hydrogens is 266 g/mol. The maximum absolute atomic E-state index is 11.9. The molecule has 0 aromatic rings. The zero-order chi connectivity index (χ0) is 14.9. The molecule has 1 saturated carbocycles. The number of hydrogen-bond donors (Lipinski definition) is 2. The molecule has 0 aromatic heterocycles. The Labute approximate surface area is 127 Å². The van der Waals surface area contributed by atoms with E-state index in [2.05, 4.69) is 15.1 Å². The monoisotopic (exact) mass is 295 g/mol. The number of nitrogens with zero attached hydrogens (tertiary/aromatic N) is 2. The zero-order valence-corrected chi connectivity index (χ0v) is 13.2. The fourth-order valence-corrected chi connectivity index (χ4v) is 4.25. The molecule has 21 heavy (non-hydrogen) atoms. The van der Waals surface area contributed by atoms with E-state index in [0.717, 1.165) is 32.5 Å². The van der Waals surface area contributed by atoms with Crippen molar-refractivity contribution in [2.75, 3.05) is 39.3 Å². The molecule has 0 spiro atoms. The van der Waals surface area contributed by atoms with Gasteiger partial charge < -0.3 is 10.4 Å². The second-order valence-corrected chi connectivity index (χ2v) is 7.00. The molecule has 5 heteroatoms. The zero-order valence-electron chi connectivity index (χ0n) is 13.2. The van der Waals surface area contributed by atoms with Gasteiger partial charge in [-0.1, -0.05) is 6.92 Å². The lowest BCUT2D eigenvalue weighted by Crippen LogP contribution is -2.60. The normalized spacial score (nSPS) is 30.6. The summed E-state index contributed by atoms with van der Waals surface area (Å²) < 4.78 is 0. The lowest BCUT2D eigenvalue weighted by atomic mass is 9.92. The second-order valence-electron chi connectivity index (χ2n) is 7.00. The van der Waals surface area contributed by atoms with Gasteiger partial charge in [0.15, 0.2) is 0 Å². The van der Waals surface area contributed by atoms with Gasteiger partial charge in [0.2, 0.25) is 0 Å². The van der Waals surface area contributed by atoms with Crippen LogP contribution in [0.15, 0.2) is 0 Å². The van der Waals surface area contributed by atoms with Crippen molar-refractivity contribution in [3.63, 3.8) is 0 Å². The Morgan fingerprint density at radius 3 is 2.52 bits per heavy atom. The molecule has 0 bridgehead atoms. The third kappa shape index (κ3) is 3.10. The van der Waals surface area contributed by atoms with Crippen molar-refractivity contribution in [2.24, 2.45) is 5.92 Å². The standard InChI is InChI=1S/C16H29N3O2/c1-2-17-16(15(20)21,13-5-6-13)12-18-10-7-14(11-18)19-8-3-4-9-19/h13-14,17H,2-12H2,1H3,(H,20,21). The first-order chi connectivity index (χ1) is 10.2. The first-order valence-corrected chi connectivity index (χ1v) is 8.60. The van der Waals surface area contributed by atoms with Crippen molar-refractivity contribution in [3.8, 4) is 0 Å². The number of aliphatic carboxylic acids is 1. The fraction of sp³-hybridized carbons (Fsp3) is 0.938. The molecule has 3 fully saturated rings. The first kappa shape index (κ1) is 15.3. The maximum atomic E-state index is 11.9. The van der Waals surface area contributed by atoms with Gasteiger partial charge in [0.05, 0.1) is 0 Å². The van der Waals surface area contributed by atoms with E-state index in [-0.39, 0.29) is 0 Å². The smallest absolute Gasteiger partial charge is 0.325 e. The Kier molecular flexibility index (Phi) is 4.52. The van der Waals surface area contributed by atoms with Crippen molar-refractivity contribution in [1.29, 1.82) is 0 Å². The highest BCUT2D eigenvalue weighted by Gasteiger charge is 2.52. The van der Waals surface area contributed by atoms with Crippen LogP contribution in [0, 0.1) is 5.92 Å². The summed E-state index contributed by atoms with van der Waals surface area (Å²) in [5.74, 6) is -0.336. The van der Waals surface area contributed by atoms with E-state index in [1.807, 2.05) is 6.92 Å². The average molecular weight is 295 g/mol. The third-order valence-electron chi connectivity index (χ3n) is 5.53. The minimum Gasteiger partial charge on any atom is -0.480 e. The van der Waals surface area contributed by atoms with Gasteiger partial charge in [0.1, 0.15) is 5.54 Å². The quantitative estimate of drug-likeness (QED) is 0.734. The van der Waals surface area contributed by atoms with Gasteiger partial charge in [-0.15, -0.1) is 0 Å². The molecule has 2 aliphatic heterocycles. The van der Waals surface area contributed by atoms with E-state index in [1.54, 1.807) is 0 Å². The van der Waals surface area contributed by atoms with Crippen LogP contribution in [-0.2, 0) is 4.79 Å². The van der Waals surface area contributed by atoms with Crippen molar-refractivity contribution in [1.82, 2.24) is 15.1 Å². The molecule has 3 aliphatic rings. The summed E-state index contributed by atoms with van der Waals surface area (Å²) >= 11 is 0. The Morgan fingerprint density at radius 2 is 1.95 bits per heavy atom. The second kappa shape index (κ2) is 6.23. The average Bonchev–Trinajstić information content (AvgIpc) is 2.99. The number of likely N-dealkylation sites (N-methyl/N-ethyl adjacent to an activating group) is 1. The maximum Gasteiger partial charge on any atom is 0.325 e. The topological polar surface area (TPSA) is 55.8 Å². The molecule has 2 heterocycles. The highest BCUT2D eigenvalue weighted by molar-refractivity contribution is 5.80. The van der Waals surface area contributed by atoms with Gasteiger partial charge in [-0.05, 0) is 64.2 Å². The van der Waals surface area contributed by atoms with E-state index in [1.165, 1.54) is 32.4 Å². The molecule has 0 radical (unpaired) electrons.